The van der Waals surface area contributed by atoms with Crippen LogP contribution in [0.3, 0.4) is 0 Å². The maximum absolute atomic E-state index is 13.7. The van der Waals surface area contributed by atoms with Crippen LogP contribution in [0.5, 0.6) is 17.4 Å². The van der Waals surface area contributed by atoms with Gasteiger partial charge in [-0.3, -0.25) is 14.1 Å². The molecule has 3 aromatic rings. The molecular weight excluding hydrogens is 486 g/mol. The number of ether oxygens (including phenoxy) is 2. The van der Waals surface area contributed by atoms with Crippen LogP contribution in [-0.4, -0.2) is 52.5 Å². The first kappa shape index (κ1) is 26.9. The first-order chi connectivity index (χ1) is 17.1. The van der Waals surface area contributed by atoms with E-state index in [1.54, 1.807) is 30.6 Å². The highest BCUT2D eigenvalue weighted by atomic mass is 32.2. The number of sulfonamides is 1. The Hall–Kier alpha value is -3.67. The number of anilines is 1. The lowest BCUT2D eigenvalue weighted by Crippen LogP contribution is -2.33. The number of aryl methyl sites for hydroxylation is 2. The molecule has 0 aliphatic carbocycles. The minimum absolute atomic E-state index is 0.00685. The highest BCUT2D eigenvalue weighted by molar-refractivity contribution is 7.93. The summed E-state index contributed by atoms with van der Waals surface area (Å²) >= 11 is 0. The molecule has 2 heterocycles. The normalized spacial score (nSPS) is 12.2. The van der Waals surface area contributed by atoms with E-state index in [2.05, 4.69) is 19.7 Å². The number of unbranched alkanes of at least 4 members (excludes halogenated alkanes) is 1. The number of aromatic nitrogens is 4. The molecule has 0 aliphatic rings. The lowest BCUT2D eigenvalue weighted by atomic mass is 10.2. The Morgan fingerprint density at radius 1 is 1.14 bits per heavy atom. The summed E-state index contributed by atoms with van der Waals surface area (Å²) in [5, 5.41) is 9.62. The molecule has 11 nitrogen and oxygen atoms in total. The summed E-state index contributed by atoms with van der Waals surface area (Å²) in [4.78, 5) is 26.2. The first-order valence-electron chi connectivity index (χ1n) is 11.5. The maximum atomic E-state index is 13.7. The second-order valence-corrected chi connectivity index (χ2v) is 10.4. The number of hydrogen-bond acceptors (Lipinski definition) is 9. The molecule has 2 N–H and O–H groups in total. The minimum atomic E-state index is -4.13. The van der Waals surface area contributed by atoms with Gasteiger partial charge in [-0.2, -0.15) is 4.98 Å². The zero-order valence-corrected chi connectivity index (χ0v) is 21.8. The van der Waals surface area contributed by atoms with Crippen molar-refractivity contribution in [3.63, 3.8) is 0 Å². The van der Waals surface area contributed by atoms with Crippen molar-refractivity contribution >= 4 is 15.7 Å². The van der Waals surface area contributed by atoms with Crippen LogP contribution in [-0.2, 0) is 22.9 Å². The predicted octanol–water partition coefficient (Wildman–Crippen LogP) is 2.77. The Labute approximate surface area is 210 Å². The summed E-state index contributed by atoms with van der Waals surface area (Å²) in [5.74, 6) is 0.512. The van der Waals surface area contributed by atoms with Crippen molar-refractivity contribution in [2.45, 2.75) is 51.7 Å². The SMILES string of the molecule is CCCCc1nc(O)c(NS(=O)(=O)[C@H](C)Cc2ncc(C)cn2)c(=O)n1-c1c(OC)cccc1OC. The first-order valence-corrected chi connectivity index (χ1v) is 13.0. The Morgan fingerprint density at radius 2 is 1.75 bits per heavy atom. The highest BCUT2D eigenvalue weighted by Gasteiger charge is 2.28. The number of aromatic hydroxyl groups is 1. The van der Waals surface area contributed by atoms with Gasteiger partial charge in [-0.1, -0.05) is 19.4 Å². The van der Waals surface area contributed by atoms with Gasteiger partial charge in [0.25, 0.3) is 5.56 Å². The van der Waals surface area contributed by atoms with Gasteiger partial charge in [0.05, 0.1) is 19.5 Å². The van der Waals surface area contributed by atoms with Gasteiger partial charge < -0.3 is 14.6 Å². The average Bonchev–Trinajstić information content (AvgIpc) is 2.86. The van der Waals surface area contributed by atoms with E-state index in [0.717, 1.165) is 12.0 Å². The summed E-state index contributed by atoms with van der Waals surface area (Å²) in [7, 11) is -1.24. The number of methoxy groups -OCH3 is 2. The van der Waals surface area contributed by atoms with Crippen molar-refractivity contribution in [1.82, 2.24) is 19.5 Å². The molecule has 0 saturated carbocycles. The Kier molecular flexibility index (Phi) is 8.51. The van der Waals surface area contributed by atoms with E-state index in [9.17, 15) is 18.3 Å². The van der Waals surface area contributed by atoms with Crippen LogP contribution < -0.4 is 19.8 Å². The quantitative estimate of drug-likeness (QED) is 0.392. The molecule has 0 saturated heterocycles. The molecular formula is C24H31N5O6S. The smallest absolute Gasteiger partial charge is 0.286 e. The molecule has 0 fully saturated rings. The molecule has 12 heteroatoms. The topological polar surface area (TPSA) is 146 Å². The van der Waals surface area contributed by atoms with Gasteiger partial charge in [-0.25, -0.2) is 18.4 Å². The number of nitrogens with one attached hydrogen (secondary N) is 1. The lowest BCUT2D eigenvalue weighted by Gasteiger charge is -2.20. The van der Waals surface area contributed by atoms with Crippen LogP contribution in [0.4, 0.5) is 5.69 Å². The van der Waals surface area contributed by atoms with Crippen molar-refractivity contribution in [1.29, 1.82) is 0 Å². The van der Waals surface area contributed by atoms with E-state index >= 15 is 0 Å². The van der Waals surface area contributed by atoms with E-state index in [0.29, 0.717) is 30.2 Å². The minimum Gasteiger partial charge on any atom is -0.494 e. The third-order valence-electron chi connectivity index (χ3n) is 5.59. The fourth-order valence-corrected chi connectivity index (χ4v) is 4.59. The molecule has 2 aromatic heterocycles. The number of nitrogens with zero attached hydrogens (tertiary/aromatic N) is 4. The van der Waals surface area contributed by atoms with Gasteiger partial charge in [0.15, 0.2) is 5.69 Å². The van der Waals surface area contributed by atoms with Crippen molar-refractivity contribution in [3.8, 4) is 23.1 Å². The summed E-state index contributed by atoms with van der Waals surface area (Å²) in [6.45, 7) is 5.27. The van der Waals surface area contributed by atoms with Gasteiger partial charge in [0.2, 0.25) is 15.9 Å². The standard InChI is InChI=1S/C24H31N5O6S/c1-6-7-11-20-27-23(30)21(24(31)29(20)22-17(34-4)9-8-10-18(22)35-5)28-36(32,33)16(3)12-19-25-13-15(2)14-26-19/h8-10,13-14,16,28,30H,6-7,11-12H2,1-5H3/t16-/m1/s1. The number of benzene rings is 1. The van der Waals surface area contributed by atoms with Crippen molar-refractivity contribution in [3.05, 3.63) is 58.2 Å². The maximum Gasteiger partial charge on any atom is 0.286 e. The van der Waals surface area contributed by atoms with Crippen LogP contribution in [0.1, 0.15) is 43.9 Å². The van der Waals surface area contributed by atoms with Crippen LogP contribution in [0.2, 0.25) is 0 Å². The van der Waals surface area contributed by atoms with Gasteiger partial charge in [-0.15, -0.1) is 0 Å². The van der Waals surface area contributed by atoms with Crippen molar-refractivity contribution in [2.24, 2.45) is 0 Å². The summed E-state index contributed by atoms with van der Waals surface area (Å²) < 4.78 is 40.6. The van der Waals surface area contributed by atoms with Crippen LogP contribution in [0.25, 0.3) is 5.69 Å². The third-order valence-corrected chi connectivity index (χ3v) is 7.31. The van der Waals surface area contributed by atoms with E-state index in [4.69, 9.17) is 9.47 Å². The molecule has 0 spiro atoms. The van der Waals surface area contributed by atoms with Gasteiger partial charge in [-0.05, 0) is 38.0 Å². The third kappa shape index (κ3) is 5.76. The fraction of sp³-hybridized carbons (Fsp3) is 0.417. The summed E-state index contributed by atoms with van der Waals surface area (Å²) in [6.07, 6.45) is 5.05. The zero-order valence-electron chi connectivity index (χ0n) is 21.0. The van der Waals surface area contributed by atoms with Crippen LogP contribution in [0, 0.1) is 6.92 Å². The monoisotopic (exact) mass is 517 g/mol. The molecule has 36 heavy (non-hydrogen) atoms. The van der Waals surface area contributed by atoms with Crippen LogP contribution in [0.15, 0.2) is 35.4 Å². The van der Waals surface area contributed by atoms with Crippen molar-refractivity contribution < 1.29 is 23.0 Å². The number of para-hydroxylation sites is 1. The molecule has 1 atom stereocenters. The van der Waals surface area contributed by atoms with E-state index in [-0.39, 0.29) is 17.9 Å². The molecule has 0 radical (unpaired) electrons. The Morgan fingerprint density at radius 3 is 2.31 bits per heavy atom. The van der Waals surface area contributed by atoms with E-state index in [1.165, 1.54) is 25.7 Å². The van der Waals surface area contributed by atoms with E-state index < -0.39 is 32.4 Å². The average molecular weight is 518 g/mol. The predicted molar refractivity (Wildman–Crippen MR) is 136 cm³/mol. The zero-order chi connectivity index (χ0) is 26.5. The number of hydrogen-bond donors (Lipinski definition) is 2. The highest BCUT2D eigenvalue weighted by Crippen LogP contribution is 2.33. The number of rotatable bonds is 11. The molecule has 0 aliphatic heterocycles. The lowest BCUT2D eigenvalue weighted by molar-refractivity contribution is 0.388. The largest absolute Gasteiger partial charge is 0.494 e. The molecule has 0 bridgehead atoms. The fourth-order valence-electron chi connectivity index (χ4n) is 3.56. The summed E-state index contributed by atoms with van der Waals surface area (Å²) in [6, 6.07) is 4.99. The van der Waals surface area contributed by atoms with Gasteiger partial charge in [0, 0.05) is 25.2 Å². The van der Waals surface area contributed by atoms with E-state index in [1.807, 2.05) is 13.8 Å². The Balaban J connectivity index is 2.11. The molecule has 0 unspecified atom stereocenters. The van der Waals surface area contributed by atoms with Gasteiger partial charge >= 0.3 is 0 Å². The molecule has 3 rings (SSSR count). The summed E-state index contributed by atoms with van der Waals surface area (Å²) in [5.41, 5.74) is -0.273. The van der Waals surface area contributed by atoms with Gasteiger partial charge in [0.1, 0.15) is 28.8 Å². The Bertz CT molecular complexity index is 1350. The second kappa shape index (κ2) is 11.4. The van der Waals surface area contributed by atoms with Crippen molar-refractivity contribution in [2.75, 3.05) is 18.9 Å². The molecule has 0 amide bonds. The van der Waals surface area contributed by atoms with Crippen LogP contribution >= 0.6 is 0 Å². The molecule has 194 valence electrons. The second-order valence-electron chi connectivity index (χ2n) is 8.32. The molecule has 1 aromatic carbocycles.